The van der Waals surface area contributed by atoms with Gasteiger partial charge >= 0.3 is 0 Å². The molecule has 0 radical (unpaired) electrons. The van der Waals surface area contributed by atoms with Gasteiger partial charge in [0.15, 0.2) is 0 Å². The van der Waals surface area contributed by atoms with Gasteiger partial charge in [0.2, 0.25) is 0 Å². The molecular formula is C14H21N5. The van der Waals surface area contributed by atoms with Gasteiger partial charge in [-0.15, -0.1) is 0 Å². The number of nitrogens with two attached hydrogens (primary N) is 1. The second-order valence-corrected chi connectivity index (χ2v) is 4.83. The molecule has 4 N–H and O–H groups in total. The van der Waals surface area contributed by atoms with Crippen LogP contribution in [0.15, 0.2) is 36.8 Å². The molecule has 0 saturated carbocycles. The van der Waals surface area contributed by atoms with Crippen molar-refractivity contribution in [1.82, 2.24) is 15.2 Å². The van der Waals surface area contributed by atoms with E-state index in [0.29, 0.717) is 11.9 Å². The first kappa shape index (κ1) is 13.5. The van der Waals surface area contributed by atoms with Crippen LogP contribution in [0.1, 0.15) is 18.4 Å². The molecular weight excluding hydrogens is 238 g/mol. The molecule has 1 saturated heterocycles. The Morgan fingerprint density at radius 3 is 2.95 bits per heavy atom. The number of nitrogens with one attached hydrogen (secondary N) is 2. The molecule has 1 aromatic rings. The smallest absolute Gasteiger partial charge is 0.119 e. The summed E-state index contributed by atoms with van der Waals surface area (Å²) >= 11 is 0. The van der Waals surface area contributed by atoms with Gasteiger partial charge in [0.1, 0.15) is 5.84 Å². The summed E-state index contributed by atoms with van der Waals surface area (Å²) in [6, 6.07) is 4.47. The van der Waals surface area contributed by atoms with Crippen LogP contribution in [0.2, 0.25) is 0 Å². The summed E-state index contributed by atoms with van der Waals surface area (Å²) in [4.78, 5) is 6.57. The highest BCUT2D eigenvalue weighted by Gasteiger charge is 2.19. The number of rotatable bonds is 4. The molecule has 1 fully saturated rings. The minimum atomic E-state index is 0.383. The Morgan fingerprint density at radius 1 is 1.53 bits per heavy atom. The number of likely N-dealkylation sites (tertiary alicyclic amines) is 1. The Morgan fingerprint density at radius 2 is 2.32 bits per heavy atom. The Labute approximate surface area is 114 Å². The fraction of sp³-hybridized carbons (Fsp3) is 0.429. The van der Waals surface area contributed by atoms with Crippen LogP contribution in [0.5, 0.6) is 0 Å². The van der Waals surface area contributed by atoms with E-state index < -0.39 is 0 Å². The molecule has 19 heavy (non-hydrogen) atoms. The highest BCUT2D eigenvalue weighted by Crippen LogP contribution is 2.13. The molecule has 0 spiro atoms. The topological polar surface area (TPSA) is 78.0 Å². The van der Waals surface area contributed by atoms with Crippen molar-refractivity contribution >= 4 is 5.84 Å². The summed E-state index contributed by atoms with van der Waals surface area (Å²) in [6.45, 7) is 3.05. The minimum absolute atomic E-state index is 0.383. The average Bonchev–Trinajstić information content (AvgIpc) is 2.42. The Hall–Kier alpha value is -1.88. The van der Waals surface area contributed by atoms with E-state index >= 15 is 0 Å². The van der Waals surface area contributed by atoms with Gasteiger partial charge in [-0.1, -0.05) is 6.07 Å². The van der Waals surface area contributed by atoms with E-state index in [9.17, 15) is 0 Å². The molecule has 2 rings (SSSR count). The fourth-order valence-corrected chi connectivity index (χ4v) is 2.35. The second kappa shape index (κ2) is 6.89. The minimum Gasteiger partial charge on any atom is -0.404 e. The number of hydrogen-bond acceptors (Lipinski definition) is 4. The largest absolute Gasteiger partial charge is 0.404 e. The summed E-state index contributed by atoms with van der Waals surface area (Å²) in [5.74, 6) is 0.396. The third-order valence-electron chi connectivity index (χ3n) is 3.34. The standard InChI is InChI=1S/C14H21N5/c15-6-3-14(16)18-13-4-8-19(9-5-13)11-12-2-1-7-17-10-12/h1-3,6-7,10,13H,4-5,8-9,11,15H2,(H2,16,18)/b6-3-. The Balaban J connectivity index is 1.75. The predicted octanol–water partition coefficient (Wildman–Crippen LogP) is 1.09. The molecule has 0 amide bonds. The van der Waals surface area contributed by atoms with E-state index in [1.54, 1.807) is 12.3 Å². The summed E-state index contributed by atoms with van der Waals surface area (Å²) in [5.41, 5.74) is 6.52. The van der Waals surface area contributed by atoms with Crippen LogP contribution >= 0.6 is 0 Å². The van der Waals surface area contributed by atoms with Crippen molar-refractivity contribution in [3.63, 3.8) is 0 Å². The normalized spacial score (nSPS) is 17.7. The third-order valence-corrected chi connectivity index (χ3v) is 3.34. The molecule has 5 nitrogen and oxygen atoms in total. The maximum atomic E-state index is 7.65. The number of piperidine rings is 1. The molecule has 1 aliphatic heterocycles. The average molecular weight is 259 g/mol. The summed E-state index contributed by atoms with van der Waals surface area (Å²) in [6.07, 6.45) is 8.82. The van der Waals surface area contributed by atoms with Crippen LogP contribution < -0.4 is 11.1 Å². The van der Waals surface area contributed by atoms with Crippen LogP contribution in [-0.2, 0) is 6.54 Å². The Kier molecular flexibility index (Phi) is 4.92. The maximum absolute atomic E-state index is 7.65. The monoisotopic (exact) mass is 259 g/mol. The molecule has 0 bridgehead atoms. The van der Waals surface area contributed by atoms with Crippen LogP contribution in [0, 0.1) is 5.41 Å². The number of nitrogens with zero attached hydrogens (tertiary/aromatic N) is 2. The van der Waals surface area contributed by atoms with E-state index in [4.69, 9.17) is 11.1 Å². The van der Waals surface area contributed by atoms with Gasteiger partial charge in [0, 0.05) is 38.1 Å². The fourth-order valence-electron chi connectivity index (χ4n) is 2.35. The first-order chi connectivity index (χ1) is 9.28. The summed E-state index contributed by atoms with van der Waals surface area (Å²) in [5, 5.41) is 10.8. The lowest BCUT2D eigenvalue weighted by Crippen LogP contribution is -2.43. The highest BCUT2D eigenvalue weighted by molar-refractivity contribution is 5.90. The van der Waals surface area contributed by atoms with Crippen LogP contribution in [0.25, 0.3) is 0 Å². The molecule has 102 valence electrons. The molecule has 0 unspecified atom stereocenters. The predicted molar refractivity (Wildman–Crippen MR) is 76.7 cm³/mol. The van der Waals surface area contributed by atoms with Gasteiger partial charge in [0.25, 0.3) is 0 Å². The van der Waals surface area contributed by atoms with Crippen LogP contribution in [0.3, 0.4) is 0 Å². The van der Waals surface area contributed by atoms with Crippen molar-refractivity contribution in [1.29, 1.82) is 5.41 Å². The third kappa shape index (κ3) is 4.37. The van der Waals surface area contributed by atoms with Crippen molar-refractivity contribution in [2.24, 2.45) is 5.73 Å². The van der Waals surface area contributed by atoms with E-state index in [0.717, 1.165) is 32.5 Å². The van der Waals surface area contributed by atoms with Gasteiger partial charge in [-0.25, -0.2) is 0 Å². The summed E-state index contributed by atoms with van der Waals surface area (Å²) in [7, 11) is 0. The molecule has 1 aromatic heterocycles. The molecule has 2 heterocycles. The molecule has 1 aliphatic rings. The van der Waals surface area contributed by atoms with Crippen LogP contribution in [-0.4, -0.2) is 34.9 Å². The van der Waals surface area contributed by atoms with Crippen molar-refractivity contribution in [2.45, 2.75) is 25.4 Å². The quantitative estimate of drug-likeness (QED) is 0.558. The van der Waals surface area contributed by atoms with Crippen LogP contribution in [0.4, 0.5) is 0 Å². The number of amidine groups is 1. The van der Waals surface area contributed by atoms with Gasteiger partial charge in [-0.2, -0.15) is 0 Å². The van der Waals surface area contributed by atoms with E-state index in [1.165, 1.54) is 11.8 Å². The van der Waals surface area contributed by atoms with E-state index in [2.05, 4.69) is 21.3 Å². The van der Waals surface area contributed by atoms with Gasteiger partial charge in [-0.3, -0.25) is 15.3 Å². The first-order valence-electron chi connectivity index (χ1n) is 6.62. The number of hydrogen-bond donors (Lipinski definition) is 3. The van der Waals surface area contributed by atoms with Crippen molar-refractivity contribution in [2.75, 3.05) is 13.1 Å². The highest BCUT2D eigenvalue weighted by atomic mass is 15.1. The van der Waals surface area contributed by atoms with Gasteiger partial charge in [-0.05, 0) is 36.7 Å². The molecule has 0 atom stereocenters. The van der Waals surface area contributed by atoms with E-state index in [1.807, 2.05) is 12.3 Å². The zero-order chi connectivity index (χ0) is 13.5. The van der Waals surface area contributed by atoms with E-state index in [-0.39, 0.29) is 0 Å². The molecule has 5 heteroatoms. The SMILES string of the molecule is N=C(/C=C\N)NC1CCN(Cc2cccnc2)CC1. The first-order valence-corrected chi connectivity index (χ1v) is 6.62. The number of aromatic nitrogens is 1. The van der Waals surface area contributed by atoms with Gasteiger partial charge < -0.3 is 11.1 Å². The molecule has 0 aliphatic carbocycles. The molecule has 0 aromatic carbocycles. The lowest BCUT2D eigenvalue weighted by atomic mass is 10.0. The Bertz CT molecular complexity index is 421. The summed E-state index contributed by atoms with van der Waals surface area (Å²) < 4.78 is 0. The lowest BCUT2D eigenvalue weighted by Gasteiger charge is -2.32. The maximum Gasteiger partial charge on any atom is 0.119 e. The zero-order valence-corrected chi connectivity index (χ0v) is 11.0. The second-order valence-electron chi connectivity index (χ2n) is 4.83. The zero-order valence-electron chi connectivity index (χ0n) is 11.0. The lowest BCUT2D eigenvalue weighted by molar-refractivity contribution is 0.199. The van der Waals surface area contributed by atoms with Gasteiger partial charge in [0.05, 0.1) is 0 Å². The number of pyridine rings is 1. The van der Waals surface area contributed by atoms with Crippen molar-refractivity contribution in [3.8, 4) is 0 Å². The van der Waals surface area contributed by atoms with Crippen molar-refractivity contribution < 1.29 is 0 Å². The van der Waals surface area contributed by atoms with Crippen molar-refractivity contribution in [3.05, 3.63) is 42.4 Å².